The van der Waals surface area contributed by atoms with E-state index >= 15 is 0 Å². The summed E-state index contributed by atoms with van der Waals surface area (Å²) in [7, 11) is 1.74. The van der Waals surface area contributed by atoms with Crippen molar-refractivity contribution in [1.29, 1.82) is 0 Å². The number of nitrogens with two attached hydrogens (primary N) is 1. The van der Waals surface area contributed by atoms with Gasteiger partial charge >= 0.3 is 0 Å². The van der Waals surface area contributed by atoms with Gasteiger partial charge in [-0.05, 0) is 32.3 Å². The molecule has 1 aromatic carbocycles. The van der Waals surface area contributed by atoms with Crippen molar-refractivity contribution in [3.8, 4) is 5.75 Å². The van der Waals surface area contributed by atoms with Crippen molar-refractivity contribution in [3.63, 3.8) is 0 Å². The van der Waals surface area contributed by atoms with Crippen LogP contribution in [-0.4, -0.2) is 13.2 Å². The van der Waals surface area contributed by atoms with Crippen LogP contribution in [0.3, 0.4) is 0 Å². The summed E-state index contributed by atoms with van der Waals surface area (Å²) in [5.74, 6) is 1.02. The minimum atomic E-state index is 0.178. The fraction of sp³-hybridized carbons (Fsp3) is 0.538. The van der Waals surface area contributed by atoms with Gasteiger partial charge in [0.1, 0.15) is 5.75 Å². The maximum atomic E-state index is 6.08. The molecule has 1 unspecified atom stereocenters. The zero-order valence-corrected chi connectivity index (χ0v) is 9.71. The van der Waals surface area contributed by atoms with E-state index in [-0.39, 0.29) is 11.5 Å². The summed E-state index contributed by atoms with van der Waals surface area (Å²) >= 11 is 0. The Morgan fingerprint density at radius 3 is 2.53 bits per heavy atom. The first-order valence-electron chi connectivity index (χ1n) is 5.51. The Labute approximate surface area is 91.4 Å². The number of hydrogen-bond acceptors (Lipinski definition) is 2. The molecule has 2 N–H and O–H groups in total. The molecule has 15 heavy (non-hydrogen) atoms. The quantitative estimate of drug-likeness (QED) is 0.822. The number of rotatable bonds is 3. The minimum Gasteiger partial charge on any atom is -0.496 e. The molecule has 2 nitrogen and oxygen atoms in total. The Balaban J connectivity index is 2.49. The molecule has 0 amide bonds. The van der Waals surface area contributed by atoms with Crippen molar-refractivity contribution in [2.75, 3.05) is 7.11 Å². The van der Waals surface area contributed by atoms with Crippen molar-refractivity contribution in [1.82, 2.24) is 0 Å². The van der Waals surface area contributed by atoms with Gasteiger partial charge in [-0.25, -0.2) is 0 Å². The molecular weight excluding hydrogens is 186 g/mol. The van der Waals surface area contributed by atoms with E-state index in [1.807, 2.05) is 0 Å². The van der Waals surface area contributed by atoms with E-state index in [4.69, 9.17) is 10.5 Å². The van der Waals surface area contributed by atoms with E-state index in [9.17, 15) is 0 Å². The Morgan fingerprint density at radius 1 is 1.40 bits per heavy atom. The van der Waals surface area contributed by atoms with Crippen LogP contribution in [0.4, 0.5) is 0 Å². The van der Waals surface area contributed by atoms with Crippen LogP contribution in [0, 0.1) is 6.92 Å². The van der Waals surface area contributed by atoms with Gasteiger partial charge in [0, 0.05) is 17.0 Å². The molecule has 1 aromatic rings. The van der Waals surface area contributed by atoms with E-state index in [1.165, 1.54) is 24.0 Å². The summed E-state index contributed by atoms with van der Waals surface area (Å²) in [6.45, 7) is 4.17. The average molecular weight is 205 g/mol. The van der Waals surface area contributed by atoms with Gasteiger partial charge in [0.2, 0.25) is 0 Å². The first-order valence-corrected chi connectivity index (χ1v) is 5.51. The number of benzene rings is 1. The molecule has 0 bridgehead atoms. The fourth-order valence-electron chi connectivity index (χ4n) is 2.42. The maximum absolute atomic E-state index is 6.08. The lowest BCUT2D eigenvalue weighted by atomic mass is 9.87. The molecule has 1 aliphatic carbocycles. The van der Waals surface area contributed by atoms with E-state index in [0.29, 0.717) is 0 Å². The minimum absolute atomic E-state index is 0.178. The van der Waals surface area contributed by atoms with Crippen LogP contribution in [0.2, 0.25) is 0 Å². The Hall–Kier alpha value is -1.02. The van der Waals surface area contributed by atoms with Crippen LogP contribution in [0.5, 0.6) is 5.75 Å². The Kier molecular flexibility index (Phi) is 2.47. The summed E-state index contributed by atoms with van der Waals surface area (Å²) in [4.78, 5) is 0. The van der Waals surface area contributed by atoms with Crippen LogP contribution >= 0.6 is 0 Å². The molecule has 2 heteroatoms. The molecule has 0 aliphatic heterocycles. The van der Waals surface area contributed by atoms with Crippen molar-refractivity contribution < 1.29 is 4.74 Å². The highest BCUT2D eigenvalue weighted by Gasteiger charge is 2.49. The lowest BCUT2D eigenvalue weighted by molar-refractivity contribution is 0.395. The first-order chi connectivity index (χ1) is 7.12. The number of hydrogen-bond donors (Lipinski definition) is 1. The summed E-state index contributed by atoms with van der Waals surface area (Å²) in [6, 6.07) is 6.53. The summed E-state index contributed by atoms with van der Waals surface area (Å²) in [5, 5.41) is 0. The molecule has 0 heterocycles. The average Bonchev–Trinajstić information content (AvgIpc) is 2.98. The summed E-state index contributed by atoms with van der Waals surface area (Å²) in [6.07, 6.45) is 2.37. The van der Waals surface area contributed by atoms with Crippen molar-refractivity contribution in [2.24, 2.45) is 5.73 Å². The lowest BCUT2D eigenvalue weighted by Crippen LogP contribution is -2.32. The largest absolute Gasteiger partial charge is 0.496 e. The van der Waals surface area contributed by atoms with Gasteiger partial charge in [-0.3, -0.25) is 0 Å². The molecule has 2 rings (SSSR count). The Morgan fingerprint density at radius 2 is 2.07 bits per heavy atom. The van der Waals surface area contributed by atoms with Crippen LogP contribution < -0.4 is 10.5 Å². The van der Waals surface area contributed by atoms with Crippen molar-refractivity contribution in [3.05, 3.63) is 29.3 Å². The molecule has 1 aliphatic rings. The third-order valence-electron chi connectivity index (χ3n) is 3.61. The topological polar surface area (TPSA) is 35.2 Å². The second-order valence-electron chi connectivity index (χ2n) is 4.60. The molecule has 0 radical (unpaired) electrons. The highest BCUT2D eigenvalue weighted by atomic mass is 16.5. The molecule has 1 saturated carbocycles. The second-order valence-corrected chi connectivity index (χ2v) is 4.60. The fourth-order valence-corrected chi connectivity index (χ4v) is 2.42. The van der Waals surface area contributed by atoms with Crippen molar-refractivity contribution >= 4 is 0 Å². The predicted octanol–water partition coefficient (Wildman–Crippen LogP) is 2.38. The van der Waals surface area contributed by atoms with Gasteiger partial charge < -0.3 is 10.5 Å². The van der Waals surface area contributed by atoms with Gasteiger partial charge in [0.15, 0.2) is 0 Å². The molecule has 1 atom stereocenters. The van der Waals surface area contributed by atoms with Gasteiger partial charge in [-0.2, -0.15) is 0 Å². The van der Waals surface area contributed by atoms with Crippen LogP contribution in [-0.2, 0) is 5.41 Å². The van der Waals surface area contributed by atoms with E-state index in [2.05, 4.69) is 32.0 Å². The number of ether oxygens (including phenoxy) is 1. The number of para-hydroxylation sites is 1. The molecule has 0 spiro atoms. The maximum Gasteiger partial charge on any atom is 0.125 e. The molecule has 82 valence electrons. The molecule has 0 aromatic heterocycles. The standard InChI is InChI=1S/C13H19NO/c1-9-5-4-6-11(12(9)15-3)13(7-8-13)10(2)14/h4-6,10H,7-8,14H2,1-3H3. The van der Waals surface area contributed by atoms with Crippen LogP contribution in [0.15, 0.2) is 18.2 Å². The smallest absolute Gasteiger partial charge is 0.125 e. The van der Waals surface area contributed by atoms with Gasteiger partial charge in [0.05, 0.1) is 7.11 Å². The lowest BCUT2D eigenvalue weighted by Gasteiger charge is -2.23. The van der Waals surface area contributed by atoms with E-state index in [0.717, 1.165) is 5.75 Å². The van der Waals surface area contributed by atoms with Crippen molar-refractivity contribution in [2.45, 2.75) is 38.1 Å². The number of aryl methyl sites for hydroxylation is 1. The SMILES string of the molecule is COc1c(C)cccc1C1(C(C)N)CC1. The zero-order valence-electron chi connectivity index (χ0n) is 9.71. The zero-order chi connectivity index (χ0) is 11.1. The van der Waals surface area contributed by atoms with Gasteiger partial charge in [0.25, 0.3) is 0 Å². The van der Waals surface area contributed by atoms with Gasteiger partial charge in [-0.1, -0.05) is 18.2 Å². The Bertz CT molecular complexity index is 367. The molecule has 1 fully saturated rings. The highest BCUT2D eigenvalue weighted by molar-refractivity contribution is 5.48. The first kappa shape index (κ1) is 10.5. The highest BCUT2D eigenvalue weighted by Crippen LogP contribution is 2.53. The second kappa shape index (κ2) is 3.53. The third kappa shape index (κ3) is 1.53. The molecular formula is C13H19NO. The summed E-state index contributed by atoms with van der Waals surface area (Å²) < 4.78 is 5.50. The van der Waals surface area contributed by atoms with Gasteiger partial charge in [-0.15, -0.1) is 0 Å². The predicted molar refractivity (Wildman–Crippen MR) is 62.3 cm³/mol. The van der Waals surface area contributed by atoms with E-state index < -0.39 is 0 Å². The van der Waals surface area contributed by atoms with E-state index in [1.54, 1.807) is 7.11 Å². The van der Waals surface area contributed by atoms with Crippen LogP contribution in [0.25, 0.3) is 0 Å². The molecule has 0 saturated heterocycles. The third-order valence-corrected chi connectivity index (χ3v) is 3.61. The summed E-state index contributed by atoms with van der Waals surface area (Å²) in [5.41, 5.74) is 8.75. The number of methoxy groups -OCH3 is 1. The normalized spacial score (nSPS) is 19.7. The monoisotopic (exact) mass is 205 g/mol. The van der Waals surface area contributed by atoms with Crippen LogP contribution in [0.1, 0.15) is 30.9 Å².